The van der Waals surface area contributed by atoms with Crippen LogP contribution >= 0.6 is 11.6 Å². The molecule has 2 aromatic rings. The zero-order valence-corrected chi connectivity index (χ0v) is 18.8. The van der Waals surface area contributed by atoms with Crippen molar-refractivity contribution in [2.24, 2.45) is 18.4 Å². The number of hydrogen-bond donors (Lipinski definition) is 2. The Morgan fingerprint density at radius 3 is 2.67 bits per heavy atom. The zero-order valence-electron chi connectivity index (χ0n) is 17.2. The number of sulfonamides is 1. The molecule has 0 saturated heterocycles. The molecule has 7 nitrogen and oxygen atoms in total. The van der Waals surface area contributed by atoms with E-state index in [9.17, 15) is 13.2 Å². The SMILES string of the molecule is Cc1ccc(C(=O)NCC2(CC3CC3)CC(NS(=O)(=O)c3cnn(C)c3)C2)c(Cl)c1. The van der Waals surface area contributed by atoms with Crippen molar-refractivity contribution in [1.82, 2.24) is 19.8 Å². The summed E-state index contributed by atoms with van der Waals surface area (Å²) in [6.07, 6.45) is 7.71. The second kappa shape index (κ2) is 7.98. The summed E-state index contributed by atoms with van der Waals surface area (Å²) in [4.78, 5) is 12.8. The van der Waals surface area contributed by atoms with E-state index in [0.29, 0.717) is 35.9 Å². The first-order valence-corrected chi connectivity index (χ1v) is 12.1. The Hall–Kier alpha value is -1.90. The molecular weight excluding hydrogens is 424 g/mol. The topological polar surface area (TPSA) is 93.1 Å². The molecule has 0 spiro atoms. The van der Waals surface area contributed by atoms with Gasteiger partial charge in [-0.1, -0.05) is 30.5 Å². The first-order valence-electron chi connectivity index (χ1n) is 10.2. The highest BCUT2D eigenvalue weighted by Crippen LogP contribution is 2.51. The number of aromatic nitrogens is 2. The van der Waals surface area contributed by atoms with Gasteiger partial charge >= 0.3 is 0 Å². The largest absolute Gasteiger partial charge is 0.351 e. The molecule has 1 aromatic carbocycles. The Bertz CT molecular complexity index is 1060. The Kier molecular flexibility index (Phi) is 5.67. The molecule has 2 saturated carbocycles. The van der Waals surface area contributed by atoms with Gasteiger partial charge in [0.25, 0.3) is 5.91 Å². The molecule has 30 heavy (non-hydrogen) atoms. The maximum absolute atomic E-state index is 12.6. The van der Waals surface area contributed by atoms with E-state index in [1.54, 1.807) is 19.2 Å². The van der Waals surface area contributed by atoms with Crippen LogP contribution in [0, 0.1) is 18.3 Å². The van der Waals surface area contributed by atoms with Crippen molar-refractivity contribution in [3.05, 3.63) is 46.7 Å². The molecule has 0 bridgehead atoms. The number of hydrogen-bond acceptors (Lipinski definition) is 4. The van der Waals surface area contributed by atoms with Gasteiger partial charge in [0.1, 0.15) is 4.90 Å². The molecule has 0 atom stereocenters. The van der Waals surface area contributed by atoms with Crippen LogP contribution in [0.25, 0.3) is 0 Å². The minimum atomic E-state index is -3.58. The summed E-state index contributed by atoms with van der Waals surface area (Å²) in [6, 6.07) is 5.26. The van der Waals surface area contributed by atoms with Gasteiger partial charge in [-0.15, -0.1) is 0 Å². The molecule has 1 amide bonds. The van der Waals surface area contributed by atoms with Gasteiger partial charge in [-0.2, -0.15) is 5.10 Å². The summed E-state index contributed by atoms with van der Waals surface area (Å²) in [7, 11) is -1.90. The highest BCUT2D eigenvalue weighted by atomic mass is 35.5. The zero-order chi connectivity index (χ0) is 21.5. The average molecular weight is 451 g/mol. The maximum Gasteiger partial charge on any atom is 0.252 e. The Balaban J connectivity index is 1.38. The quantitative estimate of drug-likeness (QED) is 0.646. The lowest BCUT2D eigenvalue weighted by Gasteiger charge is -2.48. The third kappa shape index (κ3) is 4.71. The van der Waals surface area contributed by atoms with Crippen LogP contribution in [0.3, 0.4) is 0 Å². The molecular formula is C21H27ClN4O3S. The molecule has 0 aliphatic heterocycles. The van der Waals surface area contributed by atoms with Gasteiger partial charge in [0, 0.05) is 25.8 Å². The molecule has 2 N–H and O–H groups in total. The fraction of sp³-hybridized carbons (Fsp3) is 0.524. The number of nitrogens with one attached hydrogen (secondary N) is 2. The fourth-order valence-corrected chi connectivity index (χ4v) is 5.92. The monoisotopic (exact) mass is 450 g/mol. The average Bonchev–Trinajstić information content (AvgIpc) is 3.34. The maximum atomic E-state index is 12.6. The van der Waals surface area contributed by atoms with Gasteiger partial charge in [-0.3, -0.25) is 9.48 Å². The van der Waals surface area contributed by atoms with E-state index in [2.05, 4.69) is 15.1 Å². The summed E-state index contributed by atoms with van der Waals surface area (Å²) in [5.74, 6) is 0.496. The Morgan fingerprint density at radius 1 is 1.33 bits per heavy atom. The molecule has 0 unspecified atom stereocenters. The van der Waals surface area contributed by atoms with Crippen LogP contribution in [0.2, 0.25) is 5.02 Å². The van der Waals surface area contributed by atoms with Crippen LogP contribution in [0.4, 0.5) is 0 Å². The van der Waals surface area contributed by atoms with Crippen LogP contribution in [0.5, 0.6) is 0 Å². The number of amides is 1. The van der Waals surface area contributed by atoms with Crippen molar-refractivity contribution in [2.75, 3.05) is 6.54 Å². The molecule has 9 heteroatoms. The van der Waals surface area contributed by atoms with E-state index in [0.717, 1.165) is 12.0 Å². The highest BCUT2D eigenvalue weighted by Gasteiger charge is 2.48. The number of carbonyl (C=O) groups is 1. The van der Waals surface area contributed by atoms with Gasteiger partial charge in [-0.25, -0.2) is 13.1 Å². The third-order valence-electron chi connectivity index (χ3n) is 6.08. The molecule has 2 fully saturated rings. The Morgan fingerprint density at radius 2 is 2.07 bits per heavy atom. The fourth-order valence-electron chi connectivity index (χ4n) is 4.38. The normalized spacial score (nSPS) is 23.8. The number of aryl methyl sites for hydroxylation is 2. The lowest BCUT2D eigenvalue weighted by atomic mass is 9.63. The van der Waals surface area contributed by atoms with Gasteiger partial charge < -0.3 is 5.32 Å². The summed E-state index contributed by atoms with van der Waals surface area (Å²) < 4.78 is 29.4. The van der Waals surface area contributed by atoms with Crippen LogP contribution in [0.15, 0.2) is 35.5 Å². The lowest BCUT2D eigenvalue weighted by molar-refractivity contribution is 0.0661. The number of rotatable bonds is 8. The molecule has 4 rings (SSSR count). The van der Waals surface area contributed by atoms with Crippen molar-refractivity contribution in [3.8, 4) is 0 Å². The summed E-state index contributed by atoms with van der Waals surface area (Å²) in [5.41, 5.74) is 1.40. The minimum absolute atomic E-state index is 0.0733. The molecule has 2 aliphatic rings. The van der Waals surface area contributed by atoms with E-state index < -0.39 is 10.0 Å². The van der Waals surface area contributed by atoms with Crippen molar-refractivity contribution in [1.29, 1.82) is 0 Å². The molecule has 2 aliphatic carbocycles. The van der Waals surface area contributed by atoms with Crippen molar-refractivity contribution in [2.45, 2.75) is 50.0 Å². The van der Waals surface area contributed by atoms with Gasteiger partial charge in [-0.05, 0) is 55.2 Å². The minimum Gasteiger partial charge on any atom is -0.351 e. The Labute approximate surface area is 182 Å². The van der Waals surface area contributed by atoms with E-state index >= 15 is 0 Å². The summed E-state index contributed by atoms with van der Waals surface area (Å²) in [5, 5.41) is 7.42. The first-order chi connectivity index (χ1) is 14.2. The van der Waals surface area contributed by atoms with Crippen molar-refractivity contribution < 1.29 is 13.2 Å². The van der Waals surface area contributed by atoms with Crippen molar-refractivity contribution >= 4 is 27.5 Å². The van der Waals surface area contributed by atoms with Crippen molar-refractivity contribution in [3.63, 3.8) is 0 Å². The summed E-state index contributed by atoms with van der Waals surface area (Å²) in [6.45, 7) is 2.46. The van der Waals surface area contributed by atoms with Crippen LogP contribution < -0.4 is 10.0 Å². The lowest BCUT2D eigenvalue weighted by Crippen LogP contribution is -2.55. The van der Waals surface area contributed by atoms with Crippen LogP contribution in [-0.2, 0) is 17.1 Å². The first kappa shape index (κ1) is 21.3. The molecule has 0 radical (unpaired) electrons. The standard InChI is InChI=1S/C21H27ClN4O3S/c1-14-3-6-18(19(22)7-14)20(27)23-13-21(8-15-4-5-15)9-16(10-21)25-30(28,29)17-11-24-26(2)12-17/h3,6-7,11-12,15-16,25H,4-5,8-10,13H2,1-2H3,(H,23,27). The number of benzene rings is 1. The van der Waals surface area contributed by atoms with Gasteiger partial charge in [0.2, 0.25) is 10.0 Å². The predicted octanol–water partition coefficient (Wildman–Crippen LogP) is 3.04. The van der Waals surface area contributed by atoms with E-state index in [1.165, 1.54) is 29.9 Å². The number of carbonyl (C=O) groups excluding carboxylic acids is 1. The van der Waals surface area contributed by atoms with Crippen LogP contribution in [0.1, 0.15) is 48.0 Å². The van der Waals surface area contributed by atoms with E-state index in [-0.39, 0.29) is 22.3 Å². The van der Waals surface area contributed by atoms with Crippen LogP contribution in [-0.4, -0.2) is 36.7 Å². The molecule has 1 heterocycles. The second-order valence-electron chi connectivity index (χ2n) is 8.89. The highest BCUT2D eigenvalue weighted by molar-refractivity contribution is 7.89. The molecule has 162 valence electrons. The van der Waals surface area contributed by atoms with E-state index in [1.807, 2.05) is 13.0 Å². The predicted molar refractivity (Wildman–Crippen MR) is 115 cm³/mol. The summed E-state index contributed by atoms with van der Waals surface area (Å²) >= 11 is 6.23. The second-order valence-corrected chi connectivity index (χ2v) is 11.0. The number of halogens is 1. The number of nitrogens with zero attached hydrogens (tertiary/aromatic N) is 2. The molecule has 1 aromatic heterocycles. The smallest absolute Gasteiger partial charge is 0.252 e. The van der Waals surface area contributed by atoms with Gasteiger partial charge in [0.15, 0.2) is 0 Å². The van der Waals surface area contributed by atoms with Gasteiger partial charge in [0.05, 0.1) is 16.8 Å². The van der Waals surface area contributed by atoms with E-state index in [4.69, 9.17) is 11.6 Å². The third-order valence-corrected chi connectivity index (χ3v) is 7.87.